The van der Waals surface area contributed by atoms with E-state index in [0.717, 1.165) is 11.3 Å². The molecule has 0 atom stereocenters. The zero-order chi connectivity index (χ0) is 15.8. The van der Waals surface area contributed by atoms with Gasteiger partial charge >= 0.3 is 0 Å². The Balaban J connectivity index is 1.70. The predicted octanol–water partition coefficient (Wildman–Crippen LogP) is 0.603. The first-order chi connectivity index (χ1) is 10.7. The van der Waals surface area contributed by atoms with Gasteiger partial charge in [-0.25, -0.2) is 0 Å². The Labute approximate surface area is 130 Å². The van der Waals surface area contributed by atoms with Crippen molar-refractivity contribution < 1.29 is 19.1 Å². The Morgan fingerprint density at radius 1 is 1.32 bits per heavy atom. The van der Waals surface area contributed by atoms with Gasteiger partial charge in [-0.3, -0.25) is 9.59 Å². The average molecular weight is 306 g/mol. The maximum Gasteiger partial charge on any atom is 0.242 e. The first-order valence-corrected chi connectivity index (χ1v) is 7.44. The minimum absolute atomic E-state index is 0.0525. The smallest absolute Gasteiger partial charge is 0.242 e. The number of hydrogen-bond donors (Lipinski definition) is 1. The normalized spacial score (nSPS) is 14.5. The minimum atomic E-state index is -0.121. The Bertz CT molecular complexity index is 513. The van der Waals surface area contributed by atoms with Gasteiger partial charge in [-0.05, 0) is 24.1 Å². The Kier molecular flexibility index (Phi) is 6.21. The summed E-state index contributed by atoms with van der Waals surface area (Å²) in [6.07, 6.45) is 0.971. The van der Waals surface area contributed by atoms with E-state index in [1.54, 1.807) is 12.0 Å². The molecule has 0 radical (unpaired) electrons. The van der Waals surface area contributed by atoms with Crippen LogP contribution in [0.5, 0.6) is 5.75 Å². The van der Waals surface area contributed by atoms with Gasteiger partial charge in [0.1, 0.15) is 5.75 Å². The molecular formula is C16H22N2O4. The monoisotopic (exact) mass is 306 g/mol. The first kappa shape index (κ1) is 16.3. The van der Waals surface area contributed by atoms with Crippen LogP contribution in [0.4, 0.5) is 0 Å². The van der Waals surface area contributed by atoms with Gasteiger partial charge in [0.15, 0.2) is 0 Å². The van der Waals surface area contributed by atoms with Gasteiger partial charge in [0.25, 0.3) is 0 Å². The second kappa shape index (κ2) is 8.38. The summed E-state index contributed by atoms with van der Waals surface area (Å²) in [6, 6.07) is 7.62. The van der Waals surface area contributed by atoms with Crippen LogP contribution < -0.4 is 10.1 Å². The van der Waals surface area contributed by atoms with E-state index in [2.05, 4.69) is 5.32 Å². The van der Waals surface area contributed by atoms with Crippen LogP contribution in [0.3, 0.4) is 0 Å². The largest absolute Gasteiger partial charge is 0.497 e. The zero-order valence-electron chi connectivity index (χ0n) is 12.8. The van der Waals surface area contributed by atoms with Gasteiger partial charge < -0.3 is 19.7 Å². The summed E-state index contributed by atoms with van der Waals surface area (Å²) in [5.41, 5.74) is 1.04. The van der Waals surface area contributed by atoms with Crippen LogP contribution in [0, 0.1) is 0 Å². The van der Waals surface area contributed by atoms with Gasteiger partial charge in [0.05, 0.1) is 26.9 Å². The van der Waals surface area contributed by atoms with Crippen molar-refractivity contribution in [3.63, 3.8) is 0 Å². The van der Waals surface area contributed by atoms with Gasteiger partial charge in [0, 0.05) is 19.5 Å². The number of morpholine rings is 1. The maximum atomic E-state index is 11.9. The molecule has 2 amide bonds. The van der Waals surface area contributed by atoms with E-state index in [4.69, 9.17) is 9.47 Å². The molecule has 0 saturated carbocycles. The SMILES string of the molecule is COc1cccc(CCC(=O)NCC(=O)N2CCOCC2)c1. The van der Waals surface area contributed by atoms with Gasteiger partial charge in [-0.15, -0.1) is 0 Å². The van der Waals surface area contributed by atoms with Crippen molar-refractivity contribution in [3.05, 3.63) is 29.8 Å². The number of aryl methyl sites for hydroxylation is 1. The second-order valence-electron chi connectivity index (χ2n) is 5.12. The number of carbonyl (C=O) groups excluding carboxylic acids is 2. The summed E-state index contributed by atoms with van der Waals surface area (Å²) < 4.78 is 10.3. The highest BCUT2D eigenvalue weighted by molar-refractivity contribution is 5.84. The number of hydrogen-bond acceptors (Lipinski definition) is 4. The van der Waals surface area contributed by atoms with Gasteiger partial charge in [-0.2, -0.15) is 0 Å². The van der Waals surface area contributed by atoms with Crippen molar-refractivity contribution in [2.45, 2.75) is 12.8 Å². The number of carbonyl (C=O) groups is 2. The molecule has 120 valence electrons. The molecule has 1 aromatic carbocycles. The second-order valence-corrected chi connectivity index (χ2v) is 5.12. The molecule has 0 aliphatic carbocycles. The molecule has 1 N–H and O–H groups in total. The van der Waals surface area contributed by atoms with Crippen molar-refractivity contribution in [2.75, 3.05) is 40.0 Å². The minimum Gasteiger partial charge on any atom is -0.497 e. The summed E-state index contributed by atoms with van der Waals surface area (Å²) in [5, 5.41) is 2.68. The molecular weight excluding hydrogens is 284 g/mol. The lowest BCUT2D eigenvalue weighted by Crippen LogP contribution is -2.45. The zero-order valence-corrected chi connectivity index (χ0v) is 12.8. The van der Waals surface area contributed by atoms with Crippen molar-refractivity contribution >= 4 is 11.8 Å². The van der Waals surface area contributed by atoms with Crippen LogP contribution in [-0.2, 0) is 20.7 Å². The van der Waals surface area contributed by atoms with E-state index in [1.165, 1.54) is 0 Å². The average Bonchev–Trinajstić information content (AvgIpc) is 2.58. The summed E-state index contributed by atoms with van der Waals surface area (Å²) >= 11 is 0. The van der Waals surface area contributed by atoms with Crippen molar-refractivity contribution in [3.8, 4) is 5.75 Å². The number of methoxy groups -OCH3 is 1. The number of benzene rings is 1. The quantitative estimate of drug-likeness (QED) is 0.836. The molecule has 1 aliphatic rings. The molecule has 1 aromatic rings. The summed E-state index contributed by atoms with van der Waals surface area (Å²) in [7, 11) is 1.61. The van der Waals surface area contributed by atoms with Crippen LogP contribution in [-0.4, -0.2) is 56.7 Å². The number of rotatable bonds is 6. The first-order valence-electron chi connectivity index (χ1n) is 7.44. The summed E-state index contributed by atoms with van der Waals surface area (Å²) in [5.74, 6) is 0.600. The fourth-order valence-electron chi connectivity index (χ4n) is 2.27. The molecule has 1 fully saturated rings. The fraction of sp³-hybridized carbons (Fsp3) is 0.500. The summed E-state index contributed by atoms with van der Waals surface area (Å²) in [6.45, 7) is 2.37. The maximum absolute atomic E-state index is 11.9. The molecule has 0 aromatic heterocycles. The molecule has 6 heteroatoms. The highest BCUT2D eigenvalue weighted by atomic mass is 16.5. The lowest BCUT2D eigenvalue weighted by atomic mass is 10.1. The van der Waals surface area contributed by atoms with Gasteiger partial charge in [-0.1, -0.05) is 12.1 Å². The number of nitrogens with zero attached hydrogens (tertiary/aromatic N) is 1. The highest BCUT2D eigenvalue weighted by Gasteiger charge is 2.17. The van der Waals surface area contributed by atoms with E-state index < -0.39 is 0 Å². The van der Waals surface area contributed by atoms with Crippen LogP contribution in [0.25, 0.3) is 0 Å². The van der Waals surface area contributed by atoms with Crippen LogP contribution in [0.2, 0.25) is 0 Å². The van der Waals surface area contributed by atoms with Gasteiger partial charge in [0.2, 0.25) is 11.8 Å². The molecule has 0 bridgehead atoms. The lowest BCUT2D eigenvalue weighted by Gasteiger charge is -2.26. The van der Waals surface area contributed by atoms with E-state index in [0.29, 0.717) is 39.1 Å². The molecule has 0 unspecified atom stereocenters. The van der Waals surface area contributed by atoms with E-state index in [9.17, 15) is 9.59 Å². The molecule has 2 rings (SSSR count). The summed E-state index contributed by atoms with van der Waals surface area (Å²) in [4.78, 5) is 25.4. The molecule has 0 spiro atoms. The molecule has 6 nitrogen and oxygen atoms in total. The Morgan fingerprint density at radius 3 is 2.82 bits per heavy atom. The standard InChI is InChI=1S/C16H22N2O4/c1-21-14-4-2-3-13(11-14)5-6-15(19)17-12-16(20)18-7-9-22-10-8-18/h2-4,11H,5-10,12H2,1H3,(H,17,19). The third-order valence-corrected chi connectivity index (χ3v) is 3.58. The lowest BCUT2D eigenvalue weighted by molar-refractivity contribution is -0.136. The molecule has 1 saturated heterocycles. The number of amides is 2. The molecule has 22 heavy (non-hydrogen) atoms. The van der Waals surface area contributed by atoms with E-state index in [-0.39, 0.29) is 18.4 Å². The Hall–Kier alpha value is -2.08. The predicted molar refractivity (Wildman–Crippen MR) is 81.7 cm³/mol. The Morgan fingerprint density at radius 2 is 2.09 bits per heavy atom. The number of ether oxygens (including phenoxy) is 2. The number of nitrogens with one attached hydrogen (secondary N) is 1. The van der Waals surface area contributed by atoms with Crippen LogP contribution in [0.15, 0.2) is 24.3 Å². The van der Waals surface area contributed by atoms with E-state index >= 15 is 0 Å². The molecule has 1 heterocycles. The van der Waals surface area contributed by atoms with Crippen molar-refractivity contribution in [1.82, 2.24) is 10.2 Å². The fourth-order valence-corrected chi connectivity index (χ4v) is 2.27. The topological polar surface area (TPSA) is 67.9 Å². The van der Waals surface area contributed by atoms with Crippen molar-refractivity contribution in [2.24, 2.45) is 0 Å². The van der Waals surface area contributed by atoms with E-state index in [1.807, 2.05) is 24.3 Å². The van der Waals surface area contributed by atoms with Crippen LogP contribution >= 0.6 is 0 Å². The van der Waals surface area contributed by atoms with Crippen LogP contribution in [0.1, 0.15) is 12.0 Å². The highest BCUT2D eigenvalue weighted by Crippen LogP contribution is 2.13. The third-order valence-electron chi connectivity index (χ3n) is 3.58. The third kappa shape index (κ3) is 5.04. The van der Waals surface area contributed by atoms with Crippen molar-refractivity contribution in [1.29, 1.82) is 0 Å². The molecule has 1 aliphatic heterocycles.